The van der Waals surface area contributed by atoms with Crippen molar-refractivity contribution in [3.8, 4) is 17.2 Å². The van der Waals surface area contributed by atoms with E-state index in [2.05, 4.69) is 5.32 Å². The maximum absolute atomic E-state index is 12.5. The zero-order chi connectivity index (χ0) is 23.9. The average molecular weight is 460 g/mol. The second-order valence-electron chi connectivity index (χ2n) is 7.70. The maximum Gasteiger partial charge on any atom is 0.311 e. The fourth-order valence-electron chi connectivity index (χ4n) is 3.56. The van der Waals surface area contributed by atoms with E-state index in [1.807, 2.05) is 6.07 Å². The minimum Gasteiger partial charge on any atom is -0.497 e. The molecule has 1 N–H and O–H groups in total. The Hall–Kier alpha value is -4.33. The Kier molecular flexibility index (Phi) is 7.07. The van der Waals surface area contributed by atoms with E-state index in [1.165, 1.54) is 4.90 Å². The summed E-state index contributed by atoms with van der Waals surface area (Å²) in [6, 6.07) is 23.1. The largest absolute Gasteiger partial charge is 0.497 e. The summed E-state index contributed by atoms with van der Waals surface area (Å²) in [6.07, 6.45) is 0.0310. The summed E-state index contributed by atoms with van der Waals surface area (Å²) in [4.78, 5) is 38.4. The third-order valence-electron chi connectivity index (χ3n) is 5.30. The van der Waals surface area contributed by atoms with Gasteiger partial charge >= 0.3 is 5.97 Å². The third-order valence-corrected chi connectivity index (χ3v) is 5.30. The third kappa shape index (κ3) is 5.72. The second-order valence-corrected chi connectivity index (χ2v) is 7.70. The molecule has 8 heteroatoms. The molecule has 174 valence electrons. The number of hydrogen-bond acceptors (Lipinski definition) is 6. The molecule has 1 saturated heterocycles. The summed E-state index contributed by atoms with van der Waals surface area (Å²) in [5.74, 6) is 0.185. The number of carbonyl (C=O) groups is 3. The lowest BCUT2D eigenvalue weighted by Gasteiger charge is -2.17. The molecule has 0 aromatic heterocycles. The van der Waals surface area contributed by atoms with Gasteiger partial charge in [0.05, 0.1) is 13.0 Å². The molecule has 1 heterocycles. The van der Waals surface area contributed by atoms with Crippen LogP contribution in [0.1, 0.15) is 6.42 Å². The number of anilines is 2. The number of amides is 2. The molecule has 3 aromatic carbocycles. The number of para-hydroxylation sites is 1. The molecular formula is C26H24N2O6. The molecule has 1 atom stereocenters. The van der Waals surface area contributed by atoms with Crippen LogP contribution in [0.25, 0.3) is 0 Å². The van der Waals surface area contributed by atoms with Crippen LogP contribution in [-0.4, -0.2) is 38.0 Å². The number of nitrogens with one attached hydrogen (secondary N) is 1. The Labute approximate surface area is 197 Å². The molecule has 0 unspecified atom stereocenters. The van der Waals surface area contributed by atoms with Gasteiger partial charge in [0, 0.05) is 24.3 Å². The van der Waals surface area contributed by atoms with Crippen LogP contribution in [0.15, 0.2) is 78.9 Å². The molecular weight excluding hydrogens is 436 g/mol. The summed E-state index contributed by atoms with van der Waals surface area (Å²) < 4.78 is 16.1. The lowest BCUT2D eigenvalue weighted by atomic mass is 10.1. The molecule has 3 aromatic rings. The smallest absolute Gasteiger partial charge is 0.311 e. The topological polar surface area (TPSA) is 94.2 Å². The predicted molar refractivity (Wildman–Crippen MR) is 126 cm³/mol. The number of esters is 1. The quantitative estimate of drug-likeness (QED) is 0.510. The maximum atomic E-state index is 12.5. The molecule has 0 radical (unpaired) electrons. The fourth-order valence-corrected chi connectivity index (χ4v) is 3.56. The van der Waals surface area contributed by atoms with E-state index >= 15 is 0 Å². The highest BCUT2D eigenvalue weighted by Gasteiger charge is 2.36. The van der Waals surface area contributed by atoms with E-state index in [9.17, 15) is 14.4 Å². The summed E-state index contributed by atoms with van der Waals surface area (Å²) in [7, 11) is 1.60. The van der Waals surface area contributed by atoms with Gasteiger partial charge < -0.3 is 24.4 Å². The van der Waals surface area contributed by atoms with Gasteiger partial charge in [-0.2, -0.15) is 0 Å². The Balaban J connectivity index is 1.29. The van der Waals surface area contributed by atoms with Gasteiger partial charge in [0.15, 0.2) is 6.61 Å². The first kappa shape index (κ1) is 22.8. The number of methoxy groups -OCH3 is 1. The Morgan fingerprint density at radius 1 is 0.912 bits per heavy atom. The predicted octanol–water partition coefficient (Wildman–Crippen LogP) is 4.02. The van der Waals surface area contributed by atoms with Crippen molar-refractivity contribution in [2.45, 2.75) is 6.42 Å². The summed E-state index contributed by atoms with van der Waals surface area (Å²) in [5.41, 5.74) is 1.27. The number of ether oxygens (including phenoxy) is 3. The number of rotatable bonds is 8. The molecule has 4 rings (SSSR count). The van der Waals surface area contributed by atoms with Crippen molar-refractivity contribution in [2.24, 2.45) is 5.92 Å². The van der Waals surface area contributed by atoms with E-state index in [0.717, 1.165) is 5.75 Å². The molecule has 0 bridgehead atoms. The minimum atomic E-state index is -0.632. The van der Waals surface area contributed by atoms with Gasteiger partial charge in [-0.1, -0.05) is 18.2 Å². The minimum absolute atomic E-state index is 0.0310. The molecule has 0 spiro atoms. The molecule has 34 heavy (non-hydrogen) atoms. The summed E-state index contributed by atoms with van der Waals surface area (Å²) >= 11 is 0. The molecule has 8 nitrogen and oxygen atoms in total. The monoisotopic (exact) mass is 460 g/mol. The first-order chi connectivity index (χ1) is 16.5. The van der Waals surface area contributed by atoms with Crippen molar-refractivity contribution in [2.75, 3.05) is 30.5 Å². The average Bonchev–Trinajstić information content (AvgIpc) is 3.26. The van der Waals surface area contributed by atoms with Crippen LogP contribution in [0.2, 0.25) is 0 Å². The molecule has 2 amide bonds. The number of benzene rings is 3. The Bertz CT molecular complexity index is 1150. The van der Waals surface area contributed by atoms with Crippen LogP contribution in [0, 0.1) is 5.92 Å². The van der Waals surface area contributed by atoms with Gasteiger partial charge in [-0.25, -0.2) is 0 Å². The molecule has 1 aliphatic heterocycles. The van der Waals surface area contributed by atoms with E-state index in [-0.39, 0.29) is 18.9 Å². The first-order valence-corrected chi connectivity index (χ1v) is 10.8. The normalized spacial score (nSPS) is 15.0. The lowest BCUT2D eigenvalue weighted by molar-refractivity contribution is -0.151. The standard InChI is InChI=1S/C26H24N2O6/c1-32-21-11-13-23(14-12-21)34-22-9-7-20(8-10-22)28-16-18(15-25(28)30)26(31)33-17-24(29)27-19-5-3-2-4-6-19/h2-14,18H,15-17H2,1H3,(H,27,29)/t18-/m1/s1. The van der Waals surface area contributed by atoms with Gasteiger partial charge in [-0.05, 0) is 60.7 Å². The van der Waals surface area contributed by atoms with E-state index in [1.54, 1.807) is 79.9 Å². The number of carbonyl (C=O) groups excluding carboxylic acids is 3. The van der Waals surface area contributed by atoms with Crippen LogP contribution >= 0.6 is 0 Å². The zero-order valence-electron chi connectivity index (χ0n) is 18.6. The molecule has 1 aliphatic rings. The van der Waals surface area contributed by atoms with Crippen LogP contribution in [0.4, 0.5) is 11.4 Å². The van der Waals surface area contributed by atoms with Gasteiger partial charge in [-0.15, -0.1) is 0 Å². The van der Waals surface area contributed by atoms with Crippen LogP contribution in [0.5, 0.6) is 17.2 Å². The van der Waals surface area contributed by atoms with E-state index < -0.39 is 24.4 Å². The first-order valence-electron chi connectivity index (χ1n) is 10.8. The van der Waals surface area contributed by atoms with Crippen molar-refractivity contribution in [1.82, 2.24) is 0 Å². The molecule has 0 aliphatic carbocycles. The van der Waals surface area contributed by atoms with Gasteiger partial charge in [-0.3, -0.25) is 14.4 Å². The fraction of sp³-hybridized carbons (Fsp3) is 0.192. The van der Waals surface area contributed by atoms with Gasteiger partial charge in [0.25, 0.3) is 5.91 Å². The zero-order valence-corrected chi connectivity index (χ0v) is 18.6. The Morgan fingerprint density at radius 3 is 2.18 bits per heavy atom. The van der Waals surface area contributed by atoms with Crippen LogP contribution in [-0.2, 0) is 19.1 Å². The highest BCUT2D eigenvalue weighted by Crippen LogP contribution is 2.29. The van der Waals surface area contributed by atoms with Gasteiger partial charge in [0.2, 0.25) is 5.91 Å². The highest BCUT2D eigenvalue weighted by atomic mass is 16.5. The summed E-state index contributed by atoms with van der Waals surface area (Å²) in [6.45, 7) is -0.216. The van der Waals surface area contributed by atoms with Crippen molar-refractivity contribution in [3.63, 3.8) is 0 Å². The second kappa shape index (κ2) is 10.5. The van der Waals surface area contributed by atoms with Crippen molar-refractivity contribution >= 4 is 29.2 Å². The Morgan fingerprint density at radius 2 is 1.53 bits per heavy atom. The molecule has 0 saturated carbocycles. The van der Waals surface area contributed by atoms with Crippen molar-refractivity contribution < 1.29 is 28.6 Å². The van der Waals surface area contributed by atoms with Crippen molar-refractivity contribution in [1.29, 1.82) is 0 Å². The SMILES string of the molecule is COc1ccc(Oc2ccc(N3C[C@H](C(=O)OCC(=O)Nc4ccccc4)CC3=O)cc2)cc1. The highest BCUT2D eigenvalue weighted by molar-refractivity contribution is 6.00. The summed E-state index contributed by atoms with van der Waals surface area (Å²) in [5, 5.41) is 2.65. The van der Waals surface area contributed by atoms with Crippen molar-refractivity contribution in [3.05, 3.63) is 78.9 Å². The van der Waals surface area contributed by atoms with Gasteiger partial charge in [0.1, 0.15) is 17.2 Å². The van der Waals surface area contributed by atoms with Crippen LogP contribution < -0.4 is 19.7 Å². The number of hydrogen-bond donors (Lipinski definition) is 1. The lowest BCUT2D eigenvalue weighted by Crippen LogP contribution is -2.28. The van der Waals surface area contributed by atoms with E-state index in [0.29, 0.717) is 22.9 Å². The number of nitrogens with zero attached hydrogens (tertiary/aromatic N) is 1. The van der Waals surface area contributed by atoms with Crippen LogP contribution in [0.3, 0.4) is 0 Å². The molecule has 1 fully saturated rings. The van der Waals surface area contributed by atoms with E-state index in [4.69, 9.17) is 14.2 Å².